The monoisotopic (exact) mass is 315 g/mol. The van der Waals surface area contributed by atoms with Gasteiger partial charge in [-0.3, -0.25) is 0 Å². The molecule has 0 aliphatic heterocycles. The molecule has 1 aromatic heterocycles. The topological polar surface area (TPSA) is 60.2 Å². The van der Waals surface area contributed by atoms with Crippen LogP contribution < -0.4 is 10.1 Å². The molecule has 2 aromatic rings. The molecule has 0 saturated heterocycles. The molecule has 1 heterocycles. The molecule has 7 heteroatoms. The average molecular weight is 316 g/mol. The summed E-state index contributed by atoms with van der Waals surface area (Å²) in [6, 6.07) is 5.31. The van der Waals surface area contributed by atoms with Crippen molar-refractivity contribution >= 4 is 23.2 Å². The largest absolute Gasteiger partial charge is 0.482 e. The number of ether oxygens (including phenoxy) is 1. The van der Waals surface area contributed by atoms with Crippen LogP contribution in [0.4, 0.5) is 0 Å². The highest BCUT2D eigenvalue weighted by Crippen LogP contribution is 2.27. The number of benzene rings is 1. The molecular formula is C13H15Cl2N3O2. The molecule has 1 N–H and O–H groups in total. The fourth-order valence-electron chi connectivity index (χ4n) is 1.54. The van der Waals surface area contributed by atoms with Crippen LogP contribution in [0.15, 0.2) is 22.7 Å². The number of halogens is 2. The highest BCUT2D eigenvalue weighted by Gasteiger charge is 2.11. The molecule has 0 bridgehead atoms. The van der Waals surface area contributed by atoms with Gasteiger partial charge in [0.15, 0.2) is 12.4 Å². The van der Waals surface area contributed by atoms with Gasteiger partial charge in [-0.05, 0) is 32.2 Å². The normalized spacial score (nSPS) is 12.4. The molecule has 0 aliphatic rings. The van der Waals surface area contributed by atoms with Crippen molar-refractivity contribution in [2.45, 2.75) is 26.0 Å². The van der Waals surface area contributed by atoms with Gasteiger partial charge in [0.25, 0.3) is 5.89 Å². The van der Waals surface area contributed by atoms with E-state index in [1.165, 1.54) is 0 Å². The molecule has 0 fully saturated rings. The molecule has 5 nitrogen and oxygen atoms in total. The Labute approximate surface area is 127 Å². The zero-order valence-electron chi connectivity index (χ0n) is 11.2. The fraction of sp³-hybridized carbons (Fsp3) is 0.385. The van der Waals surface area contributed by atoms with Crippen molar-refractivity contribution in [1.82, 2.24) is 15.5 Å². The molecule has 2 rings (SSSR count). The Bertz CT molecular complexity index is 574. The molecule has 0 amide bonds. The van der Waals surface area contributed by atoms with Gasteiger partial charge in [0.1, 0.15) is 5.75 Å². The van der Waals surface area contributed by atoms with E-state index in [1.54, 1.807) is 18.2 Å². The molecule has 0 aliphatic carbocycles. The third-order valence-corrected chi connectivity index (χ3v) is 3.27. The smallest absolute Gasteiger partial charge is 0.264 e. The summed E-state index contributed by atoms with van der Waals surface area (Å²) in [6.45, 7) is 2.21. The first-order valence-corrected chi connectivity index (χ1v) is 6.90. The van der Waals surface area contributed by atoms with Crippen molar-refractivity contribution in [3.05, 3.63) is 40.0 Å². The van der Waals surface area contributed by atoms with Gasteiger partial charge in [-0.25, -0.2) is 0 Å². The number of nitrogens with zero attached hydrogens (tertiary/aromatic N) is 2. The van der Waals surface area contributed by atoms with Crippen LogP contribution in [-0.4, -0.2) is 23.2 Å². The van der Waals surface area contributed by atoms with Crippen molar-refractivity contribution < 1.29 is 9.26 Å². The van der Waals surface area contributed by atoms with E-state index in [2.05, 4.69) is 15.5 Å². The summed E-state index contributed by atoms with van der Waals surface area (Å²) < 4.78 is 10.6. The van der Waals surface area contributed by atoms with E-state index < -0.39 is 0 Å². The quantitative estimate of drug-likeness (QED) is 0.887. The zero-order valence-corrected chi connectivity index (χ0v) is 12.7. The van der Waals surface area contributed by atoms with E-state index in [-0.39, 0.29) is 12.6 Å². The van der Waals surface area contributed by atoms with Gasteiger partial charge in [0.2, 0.25) is 0 Å². The van der Waals surface area contributed by atoms with E-state index in [1.807, 2.05) is 14.0 Å². The lowest BCUT2D eigenvalue weighted by Gasteiger charge is -2.05. The summed E-state index contributed by atoms with van der Waals surface area (Å²) in [5, 5.41) is 8.01. The fourth-order valence-corrected chi connectivity index (χ4v) is 2.00. The summed E-state index contributed by atoms with van der Waals surface area (Å²) in [7, 11) is 1.89. The van der Waals surface area contributed by atoms with Crippen LogP contribution in [0.5, 0.6) is 5.75 Å². The maximum absolute atomic E-state index is 6.00. The number of aromatic nitrogens is 2. The Morgan fingerprint density at radius 3 is 2.90 bits per heavy atom. The van der Waals surface area contributed by atoms with Gasteiger partial charge in [0, 0.05) is 17.5 Å². The molecule has 108 valence electrons. The van der Waals surface area contributed by atoms with Crippen LogP contribution >= 0.6 is 23.2 Å². The van der Waals surface area contributed by atoms with E-state index in [0.717, 1.165) is 0 Å². The lowest BCUT2D eigenvalue weighted by atomic mass is 10.2. The van der Waals surface area contributed by atoms with Crippen LogP contribution in [0.1, 0.15) is 18.6 Å². The molecule has 20 heavy (non-hydrogen) atoms. The summed E-state index contributed by atoms with van der Waals surface area (Å²) in [6.07, 6.45) is 0.696. The Kier molecular flexibility index (Phi) is 5.23. The number of hydrogen-bond donors (Lipinski definition) is 1. The predicted octanol–water partition coefficient (Wildman–Crippen LogP) is 3.11. The molecule has 1 atom stereocenters. The van der Waals surface area contributed by atoms with Crippen molar-refractivity contribution in [3.8, 4) is 5.75 Å². The number of likely N-dealkylation sites (N-methyl/N-ethyl adjacent to an activating group) is 1. The van der Waals surface area contributed by atoms with Crippen LogP contribution in [0, 0.1) is 0 Å². The Morgan fingerprint density at radius 1 is 1.40 bits per heavy atom. The van der Waals surface area contributed by atoms with Gasteiger partial charge < -0.3 is 14.6 Å². The van der Waals surface area contributed by atoms with Crippen LogP contribution in [0.3, 0.4) is 0 Å². The number of nitrogens with one attached hydrogen (secondary N) is 1. The first kappa shape index (κ1) is 15.1. The second-order valence-corrected chi connectivity index (χ2v) is 5.21. The third kappa shape index (κ3) is 4.10. The maximum Gasteiger partial charge on any atom is 0.264 e. The summed E-state index contributed by atoms with van der Waals surface area (Å²) >= 11 is 11.8. The molecular weight excluding hydrogens is 301 g/mol. The molecule has 1 aromatic carbocycles. The highest BCUT2D eigenvalue weighted by atomic mass is 35.5. The molecule has 1 unspecified atom stereocenters. The third-order valence-electron chi connectivity index (χ3n) is 2.74. The SMILES string of the molecule is CNC(C)Cc1noc(COc2ccc(Cl)cc2Cl)n1. The maximum atomic E-state index is 6.00. The Hall–Kier alpha value is -1.30. The van der Waals surface area contributed by atoms with E-state index in [9.17, 15) is 0 Å². The van der Waals surface area contributed by atoms with Crippen molar-refractivity contribution in [2.24, 2.45) is 0 Å². The van der Waals surface area contributed by atoms with E-state index in [4.69, 9.17) is 32.5 Å². The second-order valence-electron chi connectivity index (χ2n) is 4.36. The molecule has 0 saturated carbocycles. The highest BCUT2D eigenvalue weighted by molar-refractivity contribution is 6.35. The van der Waals surface area contributed by atoms with E-state index >= 15 is 0 Å². The van der Waals surface area contributed by atoms with Crippen LogP contribution in [0.2, 0.25) is 10.0 Å². The molecule has 0 radical (unpaired) electrons. The van der Waals surface area contributed by atoms with Gasteiger partial charge in [-0.15, -0.1) is 0 Å². The number of hydrogen-bond acceptors (Lipinski definition) is 5. The number of rotatable bonds is 6. The minimum absolute atomic E-state index is 0.169. The lowest BCUT2D eigenvalue weighted by molar-refractivity contribution is 0.242. The first-order chi connectivity index (χ1) is 9.58. The van der Waals surface area contributed by atoms with Crippen molar-refractivity contribution in [1.29, 1.82) is 0 Å². The van der Waals surface area contributed by atoms with Crippen LogP contribution in [0.25, 0.3) is 0 Å². The zero-order chi connectivity index (χ0) is 14.5. The summed E-state index contributed by atoms with van der Waals surface area (Å²) in [5.74, 6) is 1.58. The summed E-state index contributed by atoms with van der Waals surface area (Å²) in [5.41, 5.74) is 0. The molecule has 0 spiro atoms. The first-order valence-electron chi connectivity index (χ1n) is 6.15. The lowest BCUT2D eigenvalue weighted by Crippen LogP contribution is -2.24. The standard InChI is InChI=1S/C13H15Cl2N3O2/c1-8(16-2)5-12-17-13(20-18-12)7-19-11-4-3-9(14)6-10(11)15/h3-4,6,8,16H,5,7H2,1-2H3. The minimum Gasteiger partial charge on any atom is -0.482 e. The van der Waals surface area contributed by atoms with Gasteiger partial charge in [-0.2, -0.15) is 4.98 Å². The Balaban J connectivity index is 1.94. The predicted molar refractivity (Wildman–Crippen MR) is 77.3 cm³/mol. The minimum atomic E-state index is 0.169. The second kappa shape index (κ2) is 6.92. The van der Waals surface area contributed by atoms with Crippen molar-refractivity contribution in [3.63, 3.8) is 0 Å². The van der Waals surface area contributed by atoms with Crippen LogP contribution in [-0.2, 0) is 13.0 Å². The average Bonchev–Trinajstić information content (AvgIpc) is 2.85. The van der Waals surface area contributed by atoms with Crippen molar-refractivity contribution in [2.75, 3.05) is 7.05 Å². The summed E-state index contributed by atoms with van der Waals surface area (Å²) in [4.78, 5) is 4.25. The van der Waals surface area contributed by atoms with Gasteiger partial charge >= 0.3 is 0 Å². The van der Waals surface area contributed by atoms with Gasteiger partial charge in [0.05, 0.1) is 5.02 Å². The van der Waals surface area contributed by atoms with Gasteiger partial charge in [-0.1, -0.05) is 28.4 Å². The van der Waals surface area contributed by atoms with E-state index in [0.29, 0.717) is 33.9 Å². The Morgan fingerprint density at radius 2 is 2.20 bits per heavy atom.